The van der Waals surface area contributed by atoms with Gasteiger partial charge in [-0.25, -0.2) is 0 Å². The Morgan fingerprint density at radius 1 is 1.33 bits per heavy atom. The Hall–Kier alpha value is -0.0900. The summed E-state index contributed by atoms with van der Waals surface area (Å²) in [5, 5.41) is 9.88. The molecule has 0 saturated carbocycles. The van der Waals surface area contributed by atoms with Gasteiger partial charge in [0, 0.05) is 3.57 Å². The molecule has 2 heteroatoms. The van der Waals surface area contributed by atoms with Crippen LogP contribution in [-0.2, 0) is 5.60 Å². The van der Waals surface area contributed by atoms with Crippen molar-refractivity contribution in [3.05, 3.63) is 33.4 Å². The first-order valence-electron chi connectivity index (χ1n) is 4.04. The molecule has 0 aliphatic carbocycles. The van der Waals surface area contributed by atoms with Gasteiger partial charge in [-0.15, -0.1) is 0 Å². The molecule has 0 bridgehead atoms. The molecule has 0 spiro atoms. The van der Waals surface area contributed by atoms with E-state index < -0.39 is 5.60 Å². The molecule has 1 rings (SSSR count). The van der Waals surface area contributed by atoms with Crippen LogP contribution in [0.15, 0.2) is 24.3 Å². The summed E-state index contributed by atoms with van der Waals surface area (Å²) in [5.41, 5.74) is 0.315. The Bertz CT molecular complexity index is 251. The van der Waals surface area contributed by atoms with Crippen molar-refractivity contribution in [1.29, 1.82) is 0 Å². The molecule has 1 aromatic rings. The van der Waals surface area contributed by atoms with Gasteiger partial charge < -0.3 is 5.11 Å². The minimum atomic E-state index is -0.676. The van der Waals surface area contributed by atoms with Gasteiger partial charge in [-0.3, -0.25) is 0 Å². The Morgan fingerprint density at radius 3 is 2.25 bits per heavy atom. The highest BCUT2D eigenvalue weighted by atomic mass is 127. The van der Waals surface area contributed by atoms with Crippen LogP contribution in [0, 0.1) is 3.57 Å². The van der Waals surface area contributed by atoms with E-state index in [0.717, 1.165) is 12.0 Å². The van der Waals surface area contributed by atoms with Crippen LogP contribution in [0.2, 0.25) is 0 Å². The molecule has 0 amide bonds. The lowest BCUT2D eigenvalue weighted by molar-refractivity contribution is 0.0531. The molecule has 0 unspecified atom stereocenters. The highest BCUT2D eigenvalue weighted by Crippen LogP contribution is 2.24. The van der Waals surface area contributed by atoms with E-state index in [2.05, 4.69) is 22.6 Å². The first-order valence-corrected chi connectivity index (χ1v) is 5.12. The summed E-state index contributed by atoms with van der Waals surface area (Å²) in [7, 11) is 0. The summed E-state index contributed by atoms with van der Waals surface area (Å²) >= 11 is 2.26. The maximum Gasteiger partial charge on any atom is 0.0865 e. The molecule has 0 aliphatic heterocycles. The van der Waals surface area contributed by atoms with Crippen molar-refractivity contribution >= 4 is 22.6 Å². The Labute approximate surface area is 86.9 Å². The van der Waals surface area contributed by atoms with Crippen LogP contribution in [0.5, 0.6) is 0 Å². The topological polar surface area (TPSA) is 20.2 Å². The molecule has 0 saturated heterocycles. The standard InChI is InChI=1S/C10H13IO/c1-3-10(2,12)8-4-6-9(11)7-5-8/h4-7,12H,3H2,1-2H3/t10-/m0/s1. The summed E-state index contributed by atoms with van der Waals surface area (Å²) in [5.74, 6) is 0. The van der Waals surface area contributed by atoms with Crippen molar-refractivity contribution in [1.82, 2.24) is 0 Å². The van der Waals surface area contributed by atoms with Crippen LogP contribution in [0.25, 0.3) is 0 Å². The number of benzene rings is 1. The lowest BCUT2D eigenvalue weighted by Crippen LogP contribution is -2.19. The molecule has 0 heterocycles. The van der Waals surface area contributed by atoms with Crippen LogP contribution in [-0.4, -0.2) is 5.11 Å². The van der Waals surface area contributed by atoms with E-state index in [1.807, 2.05) is 38.1 Å². The van der Waals surface area contributed by atoms with Crippen LogP contribution in [0.3, 0.4) is 0 Å². The van der Waals surface area contributed by atoms with E-state index in [1.165, 1.54) is 3.57 Å². The second kappa shape index (κ2) is 3.75. The van der Waals surface area contributed by atoms with Gasteiger partial charge in [-0.1, -0.05) is 19.1 Å². The number of halogens is 1. The van der Waals surface area contributed by atoms with E-state index in [1.54, 1.807) is 0 Å². The number of hydrogen-bond donors (Lipinski definition) is 1. The minimum absolute atomic E-state index is 0.676. The zero-order chi connectivity index (χ0) is 9.19. The van der Waals surface area contributed by atoms with Gasteiger partial charge in [0.05, 0.1) is 5.60 Å². The lowest BCUT2D eigenvalue weighted by Gasteiger charge is -2.21. The van der Waals surface area contributed by atoms with E-state index in [0.29, 0.717) is 0 Å². The van der Waals surface area contributed by atoms with Gasteiger partial charge in [-0.05, 0) is 53.6 Å². The summed E-state index contributed by atoms with van der Waals surface area (Å²) < 4.78 is 1.20. The van der Waals surface area contributed by atoms with Crippen molar-refractivity contribution in [3.63, 3.8) is 0 Å². The van der Waals surface area contributed by atoms with Crippen molar-refractivity contribution in [2.24, 2.45) is 0 Å². The Kier molecular flexibility index (Phi) is 3.12. The predicted octanol–water partition coefficient (Wildman–Crippen LogP) is 2.91. The Morgan fingerprint density at radius 2 is 1.83 bits per heavy atom. The fourth-order valence-electron chi connectivity index (χ4n) is 1.01. The van der Waals surface area contributed by atoms with E-state index >= 15 is 0 Å². The fourth-order valence-corrected chi connectivity index (χ4v) is 1.37. The second-order valence-electron chi connectivity index (χ2n) is 3.13. The molecule has 1 N–H and O–H groups in total. The highest BCUT2D eigenvalue weighted by Gasteiger charge is 2.19. The molecule has 0 aliphatic rings. The van der Waals surface area contributed by atoms with Gasteiger partial charge in [0.1, 0.15) is 0 Å². The first kappa shape index (κ1) is 9.99. The summed E-state index contributed by atoms with van der Waals surface area (Å²) in [6.45, 7) is 3.83. The van der Waals surface area contributed by atoms with Gasteiger partial charge in [0.15, 0.2) is 0 Å². The second-order valence-corrected chi connectivity index (χ2v) is 4.38. The third-order valence-electron chi connectivity index (χ3n) is 2.15. The van der Waals surface area contributed by atoms with Gasteiger partial charge in [0.2, 0.25) is 0 Å². The molecule has 1 atom stereocenters. The summed E-state index contributed by atoms with van der Waals surface area (Å²) in [4.78, 5) is 0. The predicted molar refractivity (Wildman–Crippen MR) is 59.0 cm³/mol. The molecule has 0 fully saturated rings. The largest absolute Gasteiger partial charge is 0.385 e. The van der Waals surface area contributed by atoms with Gasteiger partial charge in [0.25, 0.3) is 0 Å². The number of rotatable bonds is 2. The minimum Gasteiger partial charge on any atom is -0.385 e. The monoisotopic (exact) mass is 276 g/mol. The quantitative estimate of drug-likeness (QED) is 0.823. The smallest absolute Gasteiger partial charge is 0.0865 e. The average molecular weight is 276 g/mol. The fraction of sp³-hybridized carbons (Fsp3) is 0.400. The average Bonchev–Trinajstić information content (AvgIpc) is 2.05. The zero-order valence-corrected chi connectivity index (χ0v) is 9.50. The third-order valence-corrected chi connectivity index (χ3v) is 2.87. The molecule has 12 heavy (non-hydrogen) atoms. The normalized spacial score (nSPS) is 15.7. The molecule has 0 aromatic heterocycles. The van der Waals surface area contributed by atoms with Gasteiger partial charge in [-0.2, -0.15) is 0 Å². The lowest BCUT2D eigenvalue weighted by atomic mass is 9.94. The number of hydrogen-bond acceptors (Lipinski definition) is 1. The summed E-state index contributed by atoms with van der Waals surface area (Å²) in [6, 6.07) is 7.98. The van der Waals surface area contributed by atoms with E-state index in [-0.39, 0.29) is 0 Å². The van der Waals surface area contributed by atoms with Crippen LogP contribution < -0.4 is 0 Å². The van der Waals surface area contributed by atoms with Crippen molar-refractivity contribution in [3.8, 4) is 0 Å². The van der Waals surface area contributed by atoms with Crippen molar-refractivity contribution < 1.29 is 5.11 Å². The maximum absolute atomic E-state index is 9.88. The maximum atomic E-state index is 9.88. The van der Waals surface area contributed by atoms with E-state index in [9.17, 15) is 5.11 Å². The molecule has 0 radical (unpaired) electrons. The van der Waals surface area contributed by atoms with Crippen LogP contribution in [0.1, 0.15) is 25.8 Å². The van der Waals surface area contributed by atoms with Crippen LogP contribution in [0.4, 0.5) is 0 Å². The molecular formula is C10H13IO. The van der Waals surface area contributed by atoms with E-state index in [4.69, 9.17) is 0 Å². The Balaban J connectivity index is 2.96. The van der Waals surface area contributed by atoms with Crippen LogP contribution >= 0.6 is 22.6 Å². The highest BCUT2D eigenvalue weighted by molar-refractivity contribution is 14.1. The summed E-state index contributed by atoms with van der Waals surface area (Å²) in [6.07, 6.45) is 0.744. The molecular weight excluding hydrogens is 263 g/mol. The number of aliphatic hydroxyl groups is 1. The molecule has 1 aromatic carbocycles. The first-order chi connectivity index (χ1) is 5.56. The third kappa shape index (κ3) is 2.20. The molecule has 1 nitrogen and oxygen atoms in total. The SMILES string of the molecule is CC[C@](C)(O)c1ccc(I)cc1. The van der Waals surface area contributed by atoms with Crippen molar-refractivity contribution in [2.45, 2.75) is 25.9 Å². The molecule has 66 valence electrons. The van der Waals surface area contributed by atoms with Gasteiger partial charge >= 0.3 is 0 Å². The zero-order valence-electron chi connectivity index (χ0n) is 7.34. The van der Waals surface area contributed by atoms with Crippen molar-refractivity contribution in [2.75, 3.05) is 0 Å².